The van der Waals surface area contributed by atoms with Crippen LogP contribution in [0.1, 0.15) is 35.2 Å². The van der Waals surface area contributed by atoms with Gasteiger partial charge in [-0.1, -0.05) is 72.8 Å². The molecule has 0 radical (unpaired) electrons. The normalized spacial score (nSPS) is 12.2. The molecule has 4 aromatic rings. The van der Waals surface area contributed by atoms with Gasteiger partial charge in [0, 0.05) is 18.2 Å². The van der Waals surface area contributed by atoms with E-state index >= 15 is 0 Å². The summed E-state index contributed by atoms with van der Waals surface area (Å²) < 4.78 is 0. The van der Waals surface area contributed by atoms with Gasteiger partial charge in [0.05, 0.1) is 0 Å². The summed E-state index contributed by atoms with van der Waals surface area (Å²) in [5, 5.41) is 16.9. The molecule has 0 fully saturated rings. The number of aryl methyl sites for hydroxylation is 2. The summed E-state index contributed by atoms with van der Waals surface area (Å²) in [6.45, 7) is 7.00. The van der Waals surface area contributed by atoms with Crippen LogP contribution in [-0.2, 0) is 6.54 Å². The second-order valence-electron chi connectivity index (χ2n) is 7.81. The molecule has 0 saturated heterocycles. The van der Waals surface area contributed by atoms with Crippen molar-refractivity contribution in [2.24, 2.45) is 0 Å². The summed E-state index contributed by atoms with van der Waals surface area (Å²) in [7, 11) is 0. The molecule has 29 heavy (non-hydrogen) atoms. The van der Waals surface area contributed by atoms with Crippen molar-refractivity contribution in [3.63, 3.8) is 0 Å². The number of phenolic OH excluding ortho intramolecular Hbond substituents is 1. The number of aromatic hydroxyl groups is 1. The van der Waals surface area contributed by atoms with E-state index in [9.17, 15) is 5.11 Å². The zero-order valence-electron chi connectivity index (χ0n) is 17.2. The molecule has 4 rings (SSSR count). The molecule has 0 bridgehead atoms. The van der Waals surface area contributed by atoms with Gasteiger partial charge >= 0.3 is 0 Å². The van der Waals surface area contributed by atoms with E-state index in [1.807, 2.05) is 19.1 Å². The average molecular weight is 382 g/mol. The molecule has 4 aromatic carbocycles. The number of nitrogens with one attached hydrogen (secondary N) is 1. The number of benzene rings is 4. The topological polar surface area (TPSA) is 32.3 Å². The van der Waals surface area contributed by atoms with Gasteiger partial charge in [-0.3, -0.25) is 0 Å². The molecule has 0 aliphatic rings. The van der Waals surface area contributed by atoms with Crippen LogP contribution in [0.4, 0.5) is 0 Å². The second-order valence-corrected chi connectivity index (χ2v) is 7.81. The molecule has 0 heterocycles. The fourth-order valence-electron chi connectivity index (χ4n) is 4.15. The van der Waals surface area contributed by atoms with Gasteiger partial charge in [-0.25, -0.2) is 0 Å². The number of fused-ring (bicyclic) bond motifs is 1. The Kier molecular flexibility index (Phi) is 5.37. The van der Waals surface area contributed by atoms with Gasteiger partial charge in [-0.15, -0.1) is 0 Å². The first kappa shape index (κ1) is 19.2. The van der Waals surface area contributed by atoms with Gasteiger partial charge in [0.2, 0.25) is 0 Å². The molecule has 2 heteroatoms. The lowest BCUT2D eigenvalue weighted by atomic mass is 9.89. The van der Waals surface area contributed by atoms with Crippen LogP contribution in [0, 0.1) is 13.8 Å². The lowest BCUT2D eigenvalue weighted by Crippen LogP contribution is -2.18. The third-order valence-electron chi connectivity index (χ3n) is 5.62. The largest absolute Gasteiger partial charge is 0.507 e. The van der Waals surface area contributed by atoms with Crippen LogP contribution in [0.2, 0.25) is 0 Å². The molecule has 146 valence electrons. The summed E-state index contributed by atoms with van der Waals surface area (Å²) in [6.07, 6.45) is 0. The van der Waals surface area contributed by atoms with Crippen LogP contribution in [-0.4, -0.2) is 5.11 Å². The number of phenols is 1. The lowest BCUT2D eigenvalue weighted by molar-refractivity contribution is 0.476. The SMILES string of the molecule is Cc1cc(C)c(-c2c(CN[C@@H](C)c3ccccc3)ccc3ccccc23)c(O)c1. The molecular formula is C27H27NO. The summed E-state index contributed by atoms with van der Waals surface area (Å²) in [5.41, 5.74) is 6.66. The van der Waals surface area contributed by atoms with Gasteiger partial charge in [0.1, 0.15) is 5.75 Å². The van der Waals surface area contributed by atoms with E-state index in [2.05, 4.69) is 85.9 Å². The summed E-state index contributed by atoms with van der Waals surface area (Å²) in [5.74, 6) is 0.344. The number of hydrogen-bond donors (Lipinski definition) is 2. The van der Waals surface area contributed by atoms with Crippen molar-refractivity contribution in [1.29, 1.82) is 0 Å². The first-order chi connectivity index (χ1) is 14.0. The Labute approximate surface area is 172 Å². The minimum absolute atomic E-state index is 0.239. The maximum atomic E-state index is 10.8. The Morgan fingerprint density at radius 2 is 1.55 bits per heavy atom. The minimum atomic E-state index is 0.239. The zero-order valence-corrected chi connectivity index (χ0v) is 17.2. The van der Waals surface area contributed by atoms with Crippen LogP contribution in [0.3, 0.4) is 0 Å². The first-order valence-electron chi connectivity index (χ1n) is 10.1. The second kappa shape index (κ2) is 8.10. The Balaban J connectivity index is 1.80. The smallest absolute Gasteiger partial charge is 0.123 e. The van der Waals surface area contributed by atoms with Gasteiger partial charge in [-0.2, -0.15) is 0 Å². The van der Waals surface area contributed by atoms with Crippen LogP contribution in [0.5, 0.6) is 5.75 Å². The van der Waals surface area contributed by atoms with Crippen molar-refractivity contribution < 1.29 is 5.11 Å². The molecular weight excluding hydrogens is 354 g/mol. The van der Waals surface area contributed by atoms with E-state index in [0.717, 1.165) is 28.8 Å². The highest BCUT2D eigenvalue weighted by Gasteiger charge is 2.17. The highest BCUT2D eigenvalue weighted by atomic mass is 16.3. The number of rotatable bonds is 5. The van der Waals surface area contributed by atoms with E-state index in [-0.39, 0.29) is 6.04 Å². The standard InChI is InChI=1S/C27H27NO/c1-18-15-19(2)26(25(29)16-18)27-23(14-13-22-11-7-8-12-24(22)27)17-28-20(3)21-9-5-4-6-10-21/h4-16,20,28-29H,17H2,1-3H3/t20-/m0/s1. The minimum Gasteiger partial charge on any atom is -0.507 e. The summed E-state index contributed by atoms with van der Waals surface area (Å²) in [6, 6.07) is 27.5. The maximum Gasteiger partial charge on any atom is 0.123 e. The third-order valence-corrected chi connectivity index (χ3v) is 5.62. The van der Waals surface area contributed by atoms with Crippen LogP contribution >= 0.6 is 0 Å². The van der Waals surface area contributed by atoms with Gasteiger partial charge in [0.15, 0.2) is 0 Å². The molecule has 0 aliphatic heterocycles. The Morgan fingerprint density at radius 1 is 0.828 bits per heavy atom. The Morgan fingerprint density at radius 3 is 2.31 bits per heavy atom. The van der Waals surface area contributed by atoms with Crippen LogP contribution in [0.15, 0.2) is 78.9 Å². The Bertz CT molecular complexity index is 1120. The van der Waals surface area contributed by atoms with Crippen molar-refractivity contribution >= 4 is 10.8 Å². The monoisotopic (exact) mass is 381 g/mol. The molecule has 0 spiro atoms. The van der Waals surface area contributed by atoms with Gasteiger partial charge in [-0.05, 0) is 65.4 Å². The average Bonchev–Trinajstić information content (AvgIpc) is 2.72. The third kappa shape index (κ3) is 3.90. The fraction of sp³-hybridized carbons (Fsp3) is 0.185. The molecule has 2 nitrogen and oxygen atoms in total. The predicted molar refractivity (Wildman–Crippen MR) is 122 cm³/mol. The van der Waals surface area contributed by atoms with Crippen molar-refractivity contribution in [3.05, 3.63) is 101 Å². The van der Waals surface area contributed by atoms with E-state index in [1.165, 1.54) is 21.9 Å². The van der Waals surface area contributed by atoms with Crippen LogP contribution in [0.25, 0.3) is 21.9 Å². The molecule has 0 unspecified atom stereocenters. The molecule has 0 amide bonds. The van der Waals surface area contributed by atoms with E-state index < -0.39 is 0 Å². The lowest BCUT2D eigenvalue weighted by Gasteiger charge is -2.20. The van der Waals surface area contributed by atoms with Crippen molar-refractivity contribution in [2.45, 2.75) is 33.4 Å². The fourth-order valence-corrected chi connectivity index (χ4v) is 4.15. The first-order valence-corrected chi connectivity index (χ1v) is 10.1. The predicted octanol–water partition coefficient (Wildman–Crippen LogP) is 6.68. The van der Waals surface area contributed by atoms with E-state index in [1.54, 1.807) is 0 Å². The molecule has 1 atom stereocenters. The van der Waals surface area contributed by atoms with Crippen molar-refractivity contribution in [3.8, 4) is 16.9 Å². The van der Waals surface area contributed by atoms with Crippen LogP contribution < -0.4 is 5.32 Å². The molecule has 0 saturated carbocycles. The quantitative estimate of drug-likeness (QED) is 0.404. The highest BCUT2D eigenvalue weighted by molar-refractivity contribution is 6.00. The van der Waals surface area contributed by atoms with Crippen molar-refractivity contribution in [1.82, 2.24) is 5.32 Å². The van der Waals surface area contributed by atoms with Crippen molar-refractivity contribution in [2.75, 3.05) is 0 Å². The van der Waals surface area contributed by atoms with E-state index in [0.29, 0.717) is 5.75 Å². The van der Waals surface area contributed by atoms with Gasteiger partial charge < -0.3 is 10.4 Å². The van der Waals surface area contributed by atoms with Gasteiger partial charge in [0.25, 0.3) is 0 Å². The molecule has 2 N–H and O–H groups in total. The summed E-state index contributed by atoms with van der Waals surface area (Å²) >= 11 is 0. The highest BCUT2D eigenvalue weighted by Crippen LogP contribution is 2.40. The Hall–Kier alpha value is -3.10. The number of hydrogen-bond acceptors (Lipinski definition) is 2. The summed E-state index contributed by atoms with van der Waals surface area (Å²) in [4.78, 5) is 0. The molecule has 0 aliphatic carbocycles. The maximum absolute atomic E-state index is 10.8. The zero-order chi connectivity index (χ0) is 20.4. The molecule has 0 aromatic heterocycles. The van der Waals surface area contributed by atoms with E-state index in [4.69, 9.17) is 0 Å².